The SMILES string of the molecule is [Bi+3].[Cd+2].[O-]B([O-])[O-]. The average molecular weight is 380 g/mol. The van der Waals surface area contributed by atoms with Crippen LogP contribution in [0.2, 0.25) is 0 Å². The van der Waals surface area contributed by atoms with Gasteiger partial charge in [0.1, 0.15) is 0 Å². The zero-order valence-corrected chi connectivity index (χ0v) is 10.5. The van der Waals surface area contributed by atoms with Gasteiger partial charge in [0.2, 0.25) is 0 Å². The maximum atomic E-state index is 8.42. The number of hydrogen-bond donors (Lipinski definition) is 0. The van der Waals surface area contributed by atoms with Crippen molar-refractivity contribution in [2.24, 2.45) is 0 Å². The van der Waals surface area contributed by atoms with Crippen LogP contribution < -0.4 is 15.1 Å². The summed E-state index contributed by atoms with van der Waals surface area (Å²) in [4.78, 5) is 0. The van der Waals surface area contributed by atoms with Crippen molar-refractivity contribution in [2.45, 2.75) is 0 Å². The zero-order chi connectivity index (χ0) is 3.58. The fourth-order valence-electron chi connectivity index (χ4n) is 0. The van der Waals surface area contributed by atoms with Gasteiger partial charge in [0.15, 0.2) is 0 Å². The van der Waals surface area contributed by atoms with Crippen molar-refractivity contribution in [3.63, 3.8) is 0 Å². The van der Waals surface area contributed by atoms with Crippen LogP contribution >= 0.6 is 0 Å². The summed E-state index contributed by atoms with van der Waals surface area (Å²) >= 11 is 0. The molecule has 0 N–H and O–H groups in total. The first-order valence-corrected chi connectivity index (χ1v) is 0.707. The van der Waals surface area contributed by atoms with Gasteiger partial charge < -0.3 is 15.1 Å². The second-order valence-electron chi connectivity index (χ2n) is 0.289. The van der Waals surface area contributed by atoms with E-state index in [-0.39, 0.29) is 53.5 Å². The van der Waals surface area contributed by atoms with Crippen molar-refractivity contribution in [2.75, 3.05) is 0 Å². The fourth-order valence-corrected chi connectivity index (χ4v) is 0. The standard InChI is InChI=1S/BO3.Bi.Cd/c2-1(3)4;;/q-3;+3;+2. The topological polar surface area (TPSA) is 69.2 Å². The quantitative estimate of drug-likeness (QED) is 0.399. The molecule has 0 aliphatic carbocycles. The first kappa shape index (κ1) is 15.7. The van der Waals surface area contributed by atoms with Gasteiger partial charge in [-0.05, 0) is 0 Å². The molecule has 6 heteroatoms. The van der Waals surface area contributed by atoms with Crippen LogP contribution in [0.1, 0.15) is 0 Å². The van der Waals surface area contributed by atoms with Gasteiger partial charge in [0.05, 0.1) is 0 Å². The maximum absolute atomic E-state index is 8.42. The Balaban J connectivity index is -0.0000000450. The summed E-state index contributed by atoms with van der Waals surface area (Å²) in [7, 11) is -2.92. The molecule has 0 bridgehead atoms. The average Bonchev–Trinajstić information content (AvgIpc) is 0.811. The summed E-state index contributed by atoms with van der Waals surface area (Å²) in [6.07, 6.45) is 0. The third kappa shape index (κ3) is 42.4. The minimum Gasteiger partial charge on any atom is -0.907 e. The van der Waals surface area contributed by atoms with E-state index >= 15 is 0 Å². The molecule has 2 radical (unpaired) electrons. The van der Waals surface area contributed by atoms with Crippen LogP contribution in [0.4, 0.5) is 0 Å². The Labute approximate surface area is 75.2 Å². The van der Waals surface area contributed by atoms with Gasteiger partial charge in [-0.25, -0.2) is 0 Å². The van der Waals surface area contributed by atoms with E-state index in [9.17, 15) is 0 Å². The summed E-state index contributed by atoms with van der Waals surface area (Å²) in [5.74, 6) is 0. The summed E-state index contributed by atoms with van der Waals surface area (Å²) in [6, 6.07) is 0. The molecule has 0 aromatic rings. The van der Waals surface area contributed by atoms with E-state index in [0.717, 1.165) is 0 Å². The predicted molar refractivity (Wildman–Crippen MR) is 11.5 cm³/mol. The molecule has 0 spiro atoms. The van der Waals surface area contributed by atoms with E-state index in [0.29, 0.717) is 0 Å². The molecular weight excluding hydrogens is 380 g/mol. The van der Waals surface area contributed by atoms with E-state index in [1.165, 1.54) is 0 Å². The molecule has 3 nitrogen and oxygen atoms in total. The molecule has 0 aromatic heterocycles. The van der Waals surface area contributed by atoms with Crippen molar-refractivity contribution < 1.29 is 42.4 Å². The molecule has 0 atom stereocenters. The molecule has 26 valence electrons. The third-order valence-electron chi connectivity index (χ3n) is 0. The second-order valence-corrected chi connectivity index (χ2v) is 0.289. The van der Waals surface area contributed by atoms with Gasteiger partial charge in [-0.1, -0.05) is 0 Å². The summed E-state index contributed by atoms with van der Waals surface area (Å²) < 4.78 is 0. The number of hydrogen-bond acceptors (Lipinski definition) is 3. The van der Waals surface area contributed by atoms with Gasteiger partial charge in [-0.15, -0.1) is 0 Å². The van der Waals surface area contributed by atoms with Crippen LogP contribution in [0.3, 0.4) is 0 Å². The third-order valence-corrected chi connectivity index (χ3v) is 0. The Bertz CT molecular complexity index is 15.5. The molecule has 0 heterocycles. The fraction of sp³-hybridized carbons (Fsp3) is 0. The summed E-state index contributed by atoms with van der Waals surface area (Å²) in [6.45, 7) is 0. The molecule has 0 unspecified atom stereocenters. The van der Waals surface area contributed by atoms with Crippen molar-refractivity contribution in [1.82, 2.24) is 0 Å². The molecule has 0 amide bonds. The van der Waals surface area contributed by atoms with Crippen molar-refractivity contribution in [3.8, 4) is 0 Å². The molecule has 0 saturated carbocycles. The van der Waals surface area contributed by atoms with E-state index in [4.69, 9.17) is 15.1 Å². The first-order chi connectivity index (χ1) is 1.73. The molecular formula is BBiCdO3+2. The molecule has 0 aromatic carbocycles. The molecule has 0 aliphatic rings. The molecule has 0 rings (SSSR count). The largest absolute Gasteiger partial charge is 3.00 e. The van der Waals surface area contributed by atoms with Crippen LogP contribution in [0.5, 0.6) is 0 Å². The van der Waals surface area contributed by atoms with E-state index < -0.39 is 7.32 Å². The van der Waals surface area contributed by atoms with Gasteiger partial charge >= 0.3 is 53.5 Å². The minimum absolute atomic E-state index is 0. The second kappa shape index (κ2) is 9.89. The van der Waals surface area contributed by atoms with Crippen LogP contribution in [-0.2, 0) is 27.3 Å². The smallest absolute Gasteiger partial charge is 0.907 e. The monoisotopic (exact) mass is 382 g/mol. The zero-order valence-electron chi connectivity index (χ0n) is 2.96. The summed E-state index contributed by atoms with van der Waals surface area (Å²) in [5, 5.41) is 25.2. The minimum atomic E-state index is -2.92. The van der Waals surface area contributed by atoms with E-state index in [1.807, 2.05) is 0 Å². The van der Waals surface area contributed by atoms with Crippen LogP contribution in [0, 0.1) is 0 Å². The van der Waals surface area contributed by atoms with Crippen LogP contribution in [0.15, 0.2) is 0 Å². The predicted octanol–water partition coefficient (Wildman–Crippen LogP) is -4.33. The van der Waals surface area contributed by atoms with E-state index in [1.54, 1.807) is 0 Å². The Kier molecular flexibility index (Phi) is 25.8. The van der Waals surface area contributed by atoms with Gasteiger partial charge in [0, 0.05) is 0 Å². The van der Waals surface area contributed by atoms with Crippen molar-refractivity contribution >= 4 is 33.5 Å². The molecule has 0 fully saturated rings. The van der Waals surface area contributed by atoms with Crippen molar-refractivity contribution in [1.29, 1.82) is 0 Å². The van der Waals surface area contributed by atoms with E-state index in [2.05, 4.69) is 0 Å². The van der Waals surface area contributed by atoms with Crippen LogP contribution in [-0.4, -0.2) is 33.5 Å². The molecule has 6 heavy (non-hydrogen) atoms. The Morgan fingerprint density at radius 1 is 1.00 bits per heavy atom. The van der Waals surface area contributed by atoms with Crippen LogP contribution in [0.25, 0.3) is 0 Å². The number of rotatable bonds is 0. The normalized spacial score (nSPS) is 4.50. The van der Waals surface area contributed by atoms with Gasteiger partial charge in [-0.3, -0.25) is 7.32 Å². The molecule has 0 aliphatic heterocycles. The Morgan fingerprint density at radius 2 is 1.00 bits per heavy atom. The maximum Gasteiger partial charge on any atom is 3.00 e. The first-order valence-electron chi connectivity index (χ1n) is 0.707. The van der Waals surface area contributed by atoms with Gasteiger partial charge in [0.25, 0.3) is 0 Å². The van der Waals surface area contributed by atoms with Crippen molar-refractivity contribution in [3.05, 3.63) is 0 Å². The Hall–Kier alpha value is 1.75. The van der Waals surface area contributed by atoms with Gasteiger partial charge in [-0.2, -0.15) is 0 Å². The summed E-state index contributed by atoms with van der Waals surface area (Å²) in [5.41, 5.74) is 0. The Morgan fingerprint density at radius 3 is 1.00 bits per heavy atom. The molecule has 0 saturated heterocycles.